The largest absolute Gasteiger partial charge is 0.468 e. The number of likely N-dealkylation sites (tertiary alicyclic amines) is 1. The standard InChI is InChI=1S/C30H50N6O7/c1-9-19(3)27(35(5)25(38)17-33-30-31-14-13-21(10-2)34-30)23(41-6)16-24(37)36-15-11-12-22(36)28(43-8)20(4)29(40)32-18-26(39)42-7/h13-14,19-20,22-23,27-28H,9-12,15-18H2,1-8H3,(H,32,40)(H,31,33,34). The molecule has 0 radical (unpaired) electrons. The second-order valence-electron chi connectivity index (χ2n) is 11.0. The van der Waals surface area contributed by atoms with E-state index in [0.717, 1.165) is 25.0 Å². The Morgan fingerprint density at radius 1 is 1.12 bits per heavy atom. The zero-order valence-electron chi connectivity index (χ0n) is 26.9. The highest BCUT2D eigenvalue weighted by atomic mass is 16.5. The van der Waals surface area contributed by atoms with Crippen molar-refractivity contribution in [2.24, 2.45) is 11.8 Å². The van der Waals surface area contributed by atoms with Crippen LogP contribution in [0.25, 0.3) is 0 Å². The fourth-order valence-corrected chi connectivity index (χ4v) is 5.68. The molecular formula is C30H50N6O7. The first kappa shape index (κ1) is 35.9. The Labute approximate surface area is 255 Å². The highest BCUT2D eigenvalue weighted by molar-refractivity contribution is 5.84. The first-order valence-corrected chi connectivity index (χ1v) is 15.0. The number of hydrogen-bond donors (Lipinski definition) is 2. The lowest BCUT2D eigenvalue weighted by molar-refractivity contribution is -0.146. The third-order valence-corrected chi connectivity index (χ3v) is 8.41. The maximum atomic E-state index is 13.8. The molecule has 2 N–H and O–H groups in total. The van der Waals surface area contributed by atoms with E-state index in [1.165, 1.54) is 14.2 Å². The molecule has 0 aromatic carbocycles. The quantitative estimate of drug-likeness (QED) is 0.251. The van der Waals surface area contributed by atoms with Crippen molar-refractivity contribution in [3.05, 3.63) is 18.0 Å². The van der Waals surface area contributed by atoms with E-state index in [9.17, 15) is 19.2 Å². The number of nitrogens with zero attached hydrogens (tertiary/aromatic N) is 4. The molecule has 1 fully saturated rings. The fourth-order valence-electron chi connectivity index (χ4n) is 5.68. The molecule has 1 aliphatic heterocycles. The second kappa shape index (κ2) is 17.7. The van der Waals surface area contributed by atoms with Gasteiger partial charge in [-0.25, -0.2) is 9.97 Å². The van der Waals surface area contributed by atoms with Gasteiger partial charge in [-0.1, -0.05) is 34.1 Å². The van der Waals surface area contributed by atoms with E-state index in [-0.39, 0.29) is 55.2 Å². The SMILES string of the molecule is CCc1ccnc(NCC(=O)N(C)C(C(C)CC)C(CC(=O)N2CCCC2C(OC)C(C)C(=O)NCC(=O)OC)OC)n1. The number of nitrogens with one attached hydrogen (secondary N) is 2. The van der Waals surface area contributed by atoms with Crippen LogP contribution in [-0.4, -0.2) is 116 Å². The number of anilines is 1. The molecule has 1 aliphatic rings. The van der Waals surface area contributed by atoms with Crippen LogP contribution < -0.4 is 10.6 Å². The molecule has 242 valence electrons. The summed E-state index contributed by atoms with van der Waals surface area (Å²) in [5.41, 5.74) is 0.876. The second-order valence-corrected chi connectivity index (χ2v) is 11.0. The predicted octanol–water partition coefficient (Wildman–Crippen LogP) is 1.66. The Balaban J connectivity index is 2.14. The summed E-state index contributed by atoms with van der Waals surface area (Å²) in [5.74, 6) is -1.38. The lowest BCUT2D eigenvalue weighted by Crippen LogP contribution is -2.54. The third kappa shape index (κ3) is 9.85. The number of aromatic nitrogens is 2. The Kier molecular flexibility index (Phi) is 14.8. The zero-order chi connectivity index (χ0) is 32.1. The van der Waals surface area contributed by atoms with Crippen molar-refractivity contribution in [1.82, 2.24) is 25.1 Å². The molecule has 1 saturated heterocycles. The number of ether oxygens (including phenoxy) is 3. The first-order chi connectivity index (χ1) is 20.5. The van der Waals surface area contributed by atoms with E-state index in [1.807, 2.05) is 26.8 Å². The summed E-state index contributed by atoms with van der Waals surface area (Å²) in [6, 6.07) is 1.15. The number of aryl methyl sites for hydroxylation is 1. The summed E-state index contributed by atoms with van der Waals surface area (Å²) in [7, 11) is 6.06. The lowest BCUT2D eigenvalue weighted by Gasteiger charge is -2.39. The Morgan fingerprint density at radius 3 is 2.44 bits per heavy atom. The van der Waals surface area contributed by atoms with Crippen molar-refractivity contribution < 1.29 is 33.4 Å². The summed E-state index contributed by atoms with van der Waals surface area (Å²) >= 11 is 0. The van der Waals surface area contributed by atoms with Crippen LogP contribution in [0.4, 0.5) is 5.95 Å². The minimum Gasteiger partial charge on any atom is -0.468 e. The number of amides is 3. The lowest BCUT2D eigenvalue weighted by atomic mass is 9.90. The molecule has 0 bridgehead atoms. The summed E-state index contributed by atoms with van der Waals surface area (Å²) in [6.07, 6.45) is 3.58. The van der Waals surface area contributed by atoms with Crippen molar-refractivity contribution in [2.75, 3.05) is 53.3 Å². The normalized spacial score (nSPS) is 18.2. The molecule has 0 aliphatic carbocycles. The molecule has 2 heterocycles. The number of hydrogen-bond acceptors (Lipinski definition) is 10. The number of methoxy groups -OCH3 is 3. The fraction of sp³-hybridized carbons (Fsp3) is 0.733. The molecule has 43 heavy (non-hydrogen) atoms. The van der Waals surface area contributed by atoms with Gasteiger partial charge in [-0.3, -0.25) is 19.2 Å². The zero-order valence-corrected chi connectivity index (χ0v) is 26.9. The Hall–Kier alpha value is -3.32. The van der Waals surface area contributed by atoms with Gasteiger partial charge in [0.2, 0.25) is 23.7 Å². The number of esters is 1. The highest BCUT2D eigenvalue weighted by Crippen LogP contribution is 2.29. The Bertz CT molecular complexity index is 1070. The third-order valence-electron chi connectivity index (χ3n) is 8.41. The molecular weight excluding hydrogens is 556 g/mol. The van der Waals surface area contributed by atoms with Gasteiger partial charge in [-0.05, 0) is 31.2 Å². The van der Waals surface area contributed by atoms with Crippen LogP contribution in [0.15, 0.2) is 12.3 Å². The first-order valence-electron chi connectivity index (χ1n) is 15.0. The van der Waals surface area contributed by atoms with Gasteiger partial charge in [0.15, 0.2) is 0 Å². The molecule has 6 atom stereocenters. The van der Waals surface area contributed by atoms with Crippen LogP contribution in [0.3, 0.4) is 0 Å². The van der Waals surface area contributed by atoms with E-state index in [0.29, 0.717) is 18.9 Å². The van der Waals surface area contributed by atoms with Gasteiger partial charge in [0.1, 0.15) is 6.54 Å². The molecule has 1 aromatic rings. The number of likely N-dealkylation sites (N-methyl/N-ethyl adjacent to an activating group) is 1. The molecule has 2 rings (SSSR count). The van der Waals surface area contributed by atoms with Crippen molar-refractivity contribution in [1.29, 1.82) is 0 Å². The van der Waals surface area contributed by atoms with E-state index in [2.05, 4.69) is 25.3 Å². The molecule has 13 heteroatoms. The summed E-state index contributed by atoms with van der Waals surface area (Å²) in [6.45, 7) is 8.09. The minimum atomic E-state index is -0.614. The van der Waals surface area contributed by atoms with Gasteiger partial charge < -0.3 is 34.6 Å². The maximum absolute atomic E-state index is 13.8. The summed E-state index contributed by atoms with van der Waals surface area (Å²) in [5, 5.41) is 5.59. The minimum absolute atomic E-state index is 0.000626. The molecule has 1 aromatic heterocycles. The smallest absolute Gasteiger partial charge is 0.325 e. The summed E-state index contributed by atoms with van der Waals surface area (Å²) < 4.78 is 16.2. The number of rotatable bonds is 17. The van der Waals surface area contributed by atoms with Crippen molar-refractivity contribution in [3.8, 4) is 0 Å². The van der Waals surface area contributed by atoms with Crippen molar-refractivity contribution in [3.63, 3.8) is 0 Å². The van der Waals surface area contributed by atoms with Crippen molar-refractivity contribution in [2.45, 2.75) is 84.1 Å². The average Bonchev–Trinajstić information content (AvgIpc) is 3.51. The van der Waals surface area contributed by atoms with E-state index >= 15 is 0 Å². The van der Waals surface area contributed by atoms with Gasteiger partial charge in [0, 0.05) is 39.7 Å². The molecule has 0 saturated carbocycles. The van der Waals surface area contributed by atoms with Gasteiger partial charge in [0.05, 0.1) is 50.3 Å². The van der Waals surface area contributed by atoms with Crippen LogP contribution in [-0.2, 0) is 39.8 Å². The van der Waals surface area contributed by atoms with Gasteiger partial charge in [-0.15, -0.1) is 0 Å². The maximum Gasteiger partial charge on any atom is 0.325 e. The van der Waals surface area contributed by atoms with Crippen molar-refractivity contribution >= 4 is 29.6 Å². The van der Waals surface area contributed by atoms with Crippen LogP contribution in [0.2, 0.25) is 0 Å². The number of carbonyl (C=O) groups excluding carboxylic acids is 4. The van der Waals surface area contributed by atoms with Crippen LogP contribution in [0, 0.1) is 11.8 Å². The van der Waals surface area contributed by atoms with Gasteiger partial charge in [-0.2, -0.15) is 0 Å². The predicted molar refractivity (Wildman–Crippen MR) is 161 cm³/mol. The van der Waals surface area contributed by atoms with E-state index < -0.39 is 24.1 Å². The molecule has 6 unspecified atom stereocenters. The highest BCUT2D eigenvalue weighted by Gasteiger charge is 2.42. The topological polar surface area (TPSA) is 152 Å². The van der Waals surface area contributed by atoms with E-state index in [4.69, 9.17) is 9.47 Å². The van der Waals surface area contributed by atoms with Crippen LogP contribution >= 0.6 is 0 Å². The monoisotopic (exact) mass is 606 g/mol. The van der Waals surface area contributed by atoms with Crippen LogP contribution in [0.1, 0.15) is 59.1 Å². The molecule has 3 amide bonds. The summed E-state index contributed by atoms with van der Waals surface area (Å²) in [4.78, 5) is 63.3. The van der Waals surface area contributed by atoms with Gasteiger partial charge in [0.25, 0.3) is 0 Å². The van der Waals surface area contributed by atoms with Gasteiger partial charge >= 0.3 is 5.97 Å². The Morgan fingerprint density at radius 2 is 1.84 bits per heavy atom. The molecule has 0 spiro atoms. The number of carbonyl (C=O) groups is 4. The van der Waals surface area contributed by atoms with E-state index in [1.54, 1.807) is 37.1 Å². The van der Waals surface area contributed by atoms with Crippen LogP contribution in [0.5, 0.6) is 0 Å². The average molecular weight is 607 g/mol. The molecule has 13 nitrogen and oxygen atoms in total.